The van der Waals surface area contributed by atoms with Crippen molar-refractivity contribution in [2.24, 2.45) is 4.99 Å². The molecule has 1 fully saturated rings. The van der Waals surface area contributed by atoms with Crippen LogP contribution < -0.4 is 20.7 Å². The van der Waals surface area contributed by atoms with Crippen LogP contribution in [0.3, 0.4) is 0 Å². The van der Waals surface area contributed by atoms with E-state index in [1.807, 2.05) is 20.8 Å². The third kappa shape index (κ3) is 6.85. The number of allylic oxidation sites excluding steroid dienone is 2. The van der Waals surface area contributed by atoms with Crippen LogP contribution in [0.15, 0.2) is 65.0 Å². The van der Waals surface area contributed by atoms with Gasteiger partial charge in [-0.05, 0) is 57.2 Å². The average Bonchev–Trinajstić information content (AvgIpc) is 2.72. The van der Waals surface area contributed by atoms with Crippen molar-refractivity contribution < 1.29 is 22.7 Å². The lowest BCUT2D eigenvalue weighted by atomic mass is 10.1. The van der Waals surface area contributed by atoms with Gasteiger partial charge in [0.1, 0.15) is 18.2 Å². The Balaban J connectivity index is 1.73. The van der Waals surface area contributed by atoms with E-state index in [1.165, 1.54) is 24.3 Å². The largest absolute Gasteiger partial charge is 0.573 e. The molecule has 2 aliphatic heterocycles. The second-order valence-electron chi connectivity index (χ2n) is 8.10. The molecule has 2 atom stereocenters. The topological polar surface area (TPSA) is 78.0 Å². The average molecular weight is 464 g/mol. The Labute approximate surface area is 191 Å². The summed E-state index contributed by atoms with van der Waals surface area (Å²) >= 11 is 0. The monoisotopic (exact) mass is 463 g/mol. The normalized spacial score (nSPS) is 21.5. The third-order valence-electron chi connectivity index (χ3n) is 5.16. The van der Waals surface area contributed by atoms with Crippen LogP contribution in [-0.2, 0) is 4.79 Å². The number of nitrogens with zero attached hydrogens (tertiary/aromatic N) is 2. The zero-order chi connectivity index (χ0) is 24.2. The van der Waals surface area contributed by atoms with Crippen LogP contribution in [0.2, 0.25) is 0 Å². The van der Waals surface area contributed by atoms with Gasteiger partial charge in [-0.1, -0.05) is 6.58 Å². The molecule has 0 saturated carbocycles. The molecule has 3 rings (SSSR count). The Morgan fingerprint density at radius 2 is 1.88 bits per heavy atom. The van der Waals surface area contributed by atoms with Crippen LogP contribution in [0.1, 0.15) is 20.8 Å². The molecule has 2 aliphatic rings. The summed E-state index contributed by atoms with van der Waals surface area (Å²) in [6, 6.07) is 5.83. The lowest BCUT2D eigenvalue weighted by Gasteiger charge is -2.36. The van der Waals surface area contributed by atoms with Gasteiger partial charge in [0.2, 0.25) is 0 Å². The highest BCUT2D eigenvalue weighted by Crippen LogP contribution is 2.25. The number of benzene rings is 1. The van der Waals surface area contributed by atoms with Crippen molar-refractivity contribution in [2.75, 3.05) is 25.1 Å². The van der Waals surface area contributed by atoms with Crippen molar-refractivity contribution in [3.63, 3.8) is 0 Å². The SMILES string of the molecule is C=C(/C=C\C1=C(Nc2ccc(OC(F)(F)F)cc2)NCN=C1C)C(=O)N1CC(C)NC(C)C1. The standard InChI is InChI=1S/C23H28F3N5O2/c1-14(22(32)31-11-15(2)29-16(3)12-31)5-10-20-17(4)27-13-28-21(20)30-18-6-8-19(9-7-18)33-23(24,25)26/h5-10,15-16,28-30H,1,11-13H2,2-4H3/b10-5-. The van der Waals surface area contributed by atoms with Crippen molar-refractivity contribution in [2.45, 2.75) is 39.2 Å². The molecular weight excluding hydrogens is 435 g/mol. The second kappa shape index (κ2) is 10.1. The number of amides is 1. The highest BCUT2D eigenvalue weighted by Gasteiger charge is 2.31. The number of ether oxygens (including phenoxy) is 1. The highest BCUT2D eigenvalue weighted by molar-refractivity contribution is 6.03. The number of aliphatic imine (C=N–C) groups is 1. The quantitative estimate of drug-likeness (QED) is 0.444. The summed E-state index contributed by atoms with van der Waals surface area (Å²) in [6.45, 7) is 11.4. The predicted molar refractivity (Wildman–Crippen MR) is 122 cm³/mol. The maximum Gasteiger partial charge on any atom is 0.573 e. The molecule has 1 amide bonds. The first kappa shape index (κ1) is 24.4. The molecular formula is C23H28F3N5O2. The Morgan fingerprint density at radius 3 is 2.48 bits per heavy atom. The molecule has 33 heavy (non-hydrogen) atoms. The first-order valence-electron chi connectivity index (χ1n) is 10.6. The minimum atomic E-state index is -4.74. The van der Waals surface area contributed by atoms with Gasteiger partial charge < -0.3 is 25.6 Å². The van der Waals surface area contributed by atoms with Gasteiger partial charge in [-0.25, -0.2) is 0 Å². The fraction of sp³-hybridized carbons (Fsp3) is 0.391. The van der Waals surface area contributed by atoms with E-state index in [0.717, 1.165) is 5.71 Å². The molecule has 1 saturated heterocycles. The number of hydrogen-bond acceptors (Lipinski definition) is 6. The van der Waals surface area contributed by atoms with Crippen LogP contribution in [0.25, 0.3) is 0 Å². The number of anilines is 1. The molecule has 0 radical (unpaired) electrons. The smallest absolute Gasteiger partial charge is 0.406 e. The van der Waals surface area contributed by atoms with E-state index in [4.69, 9.17) is 0 Å². The van der Waals surface area contributed by atoms with Gasteiger partial charge in [-0.15, -0.1) is 13.2 Å². The molecule has 2 unspecified atom stereocenters. The summed E-state index contributed by atoms with van der Waals surface area (Å²) in [7, 11) is 0. The summed E-state index contributed by atoms with van der Waals surface area (Å²) in [5.41, 5.74) is 2.38. The van der Waals surface area contributed by atoms with Crippen molar-refractivity contribution in [1.29, 1.82) is 0 Å². The van der Waals surface area contributed by atoms with E-state index in [1.54, 1.807) is 17.1 Å². The van der Waals surface area contributed by atoms with Gasteiger partial charge >= 0.3 is 6.36 Å². The number of carbonyl (C=O) groups is 1. The van der Waals surface area contributed by atoms with E-state index in [0.29, 0.717) is 42.4 Å². The van der Waals surface area contributed by atoms with Crippen LogP contribution >= 0.6 is 0 Å². The Bertz CT molecular complexity index is 973. The van der Waals surface area contributed by atoms with Gasteiger partial charge in [0, 0.05) is 47.7 Å². The molecule has 0 spiro atoms. The fourth-order valence-electron chi connectivity index (χ4n) is 3.75. The number of nitrogens with one attached hydrogen (secondary N) is 3. The lowest BCUT2D eigenvalue weighted by Crippen LogP contribution is -2.56. The molecule has 3 N–H and O–H groups in total. The van der Waals surface area contributed by atoms with E-state index in [-0.39, 0.29) is 23.7 Å². The summed E-state index contributed by atoms with van der Waals surface area (Å²) in [5, 5.41) is 9.65. The fourth-order valence-corrected chi connectivity index (χ4v) is 3.75. The van der Waals surface area contributed by atoms with E-state index in [9.17, 15) is 18.0 Å². The highest BCUT2D eigenvalue weighted by atomic mass is 19.4. The Kier molecular flexibility index (Phi) is 7.47. The zero-order valence-corrected chi connectivity index (χ0v) is 18.8. The molecule has 1 aromatic carbocycles. The first-order chi connectivity index (χ1) is 15.5. The molecule has 0 aliphatic carbocycles. The van der Waals surface area contributed by atoms with Gasteiger partial charge in [0.25, 0.3) is 5.91 Å². The molecule has 7 nitrogen and oxygen atoms in total. The molecule has 0 aromatic heterocycles. The number of carbonyl (C=O) groups excluding carboxylic acids is 1. The number of alkyl halides is 3. The zero-order valence-electron chi connectivity index (χ0n) is 18.8. The van der Waals surface area contributed by atoms with Gasteiger partial charge in [-0.2, -0.15) is 0 Å². The third-order valence-corrected chi connectivity index (χ3v) is 5.16. The predicted octanol–water partition coefficient (Wildman–Crippen LogP) is 3.55. The maximum absolute atomic E-state index is 12.8. The van der Waals surface area contributed by atoms with Gasteiger partial charge in [0.15, 0.2) is 0 Å². The van der Waals surface area contributed by atoms with Gasteiger partial charge in [-0.3, -0.25) is 9.79 Å². The van der Waals surface area contributed by atoms with E-state index >= 15 is 0 Å². The molecule has 10 heteroatoms. The van der Waals surface area contributed by atoms with Crippen LogP contribution in [0.5, 0.6) is 5.75 Å². The van der Waals surface area contributed by atoms with Crippen LogP contribution in [-0.4, -0.2) is 54.7 Å². The Morgan fingerprint density at radius 1 is 1.24 bits per heavy atom. The van der Waals surface area contributed by atoms with Crippen LogP contribution in [0.4, 0.5) is 18.9 Å². The van der Waals surface area contributed by atoms with Crippen molar-refractivity contribution in [3.8, 4) is 5.75 Å². The second-order valence-corrected chi connectivity index (χ2v) is 8.10. The van der Waals surface area contributed by atoms with Gasteiger partial charge in [0.05, 0.1) is 0 Å². The number of piperazine rings is 1. The minimum absolute atomic E-state index is 0.125. The number of halogens is 3. The summed E-state index contributed by atoms with van der Waals surface area (Å²) in [4.78, 5) is 19.0. The van der Waals surface area contributed by atoms with E-state index in [2.05, 4.69) is 32.3 Å². The molecule has 1 aromatic rings. The lowest BCUT2D eigenvalue weighted by molar-refractivity contribution is -0.274. The minimum Gasteiger partial charge on any atom is -0.406 e. The molecule has 0 bridgehead atoms. The summed E-state index contributed by atoms with van der Waals surface area (Å²) in [5.74, 6) is 0.191. The number of rotatable bonds is 6. The molecule has 178 valence electrons. The Hall–Kier alpha value is -3.27. The van der Waals surface area contributed by atoms with Crippen molar-refractivity contribution in [3.05, 3.63) is 60.0 Å². The molecule has 2 heterocycles. The first-order valence-corrected chi connectivity index (χ1v) is 10.6. The maximum atomic E-state index is 12.8. The summed E-state index contributed by atoms with van der Waals surface area (Å²) < 4.78 is 41.0. The van der Waals surface area contributed by atoms with Crippen molar-refractivity contribution >= 4 is 17.3 Å². The summed E-state index contributed by atoms with van der Waals surface area (Å²) in [6.07, 6.45) is -1.33. The van der Waals surface area contributed by atoms with E-state index < -0.39 is 6.36 Å². The number of hydrogen-bond donors (Lipinski definition) is 3. The van der Waals surface area contributed by atoms with Crippen LogP contribution in [0, 0.1) is 0 Å². The van der Waals surface area contributed by atoms with Crippen molar-refractivity contribution in [1.82, 2.24) is 15.5 Å².